The third-order valence-electron chi connectivity index (χ3n) is 2.10. The van der Waals surface area contributed by atoms with Crippen LogP contribution in [0.2, 0.25) is 0 Å². The molecule has 0 bridgehead atoms. The van der Waals surface area contributed by atoms with Crippen LogP contribution in [0.15, 0.2) is 30.3 Å². The summed E-state index contributed by atoms with van der Waals surface area (Å²) in [7, 11) is 0. The Bertz CT molecular complexity index is 297. The molecule has 0 spiro atoms. The summed E-state index contributed by atoms with van der Waals surface area (Å²) in [6.45, 7) is 0.876. The van der Waals surface area contributed by atoms with E-state index in [1.165, 1.54) is 0 Å². The fraction of sp³-hybridized carbons (Fsp3) is 0.300. The molecule has 0 unspecified atom stereocenters. The van der Waals surface area contributed by atoms with Crippen LogP contribution in [0.4, 0.5) is 5.69 Å². The van der Waals surface area contributed by atoms with E-state index in [0.29, 0.717) is 6.42 Å². The number of rotatable bonds is 1. The highest BCUT2D eigenvalue weighted by Gasteiger charge is 2.18. The summed E-state index contributed by atoms with van der Waals surface area (Å²) < 4.78 is 0. The third kappa shape index (κ3) is 1.70. The van der Waals surface area contributed by atoms with Crippen molar-refractivity contribution in [2.24, 2.45) is 0 Å². The average Bonchev–Trinajstić information content (AvgIpc) is 2.20. The number of para-hydroxylation sites is 1. The lowest BCUT2D eigenvalue weighted by Crippen LogP contribution is -2.47. The van der Waals surface area contributed by atoms with Crippen LogP contribution in [0.25, 0.3) is 0 Å². The van der Waals surface area contributed by atoms with Crippen molar-refractivity contribution in [2.45, 2.75) is 12.8 Å². The Balaban J connectivity index is 2.20. The second-order valence-electron chi connectivity index (χ2n) is 3.08. The van der Waals surface area contributed by atoms with Gasteiger partial charge in [-0.3, -0.25) is 4.79 Å². The molecule has 68 valence electrons. The first-order valence-electron chi connectivity index (χ1n) is 4.49. The van der Waals surface area contributed by atoms with Crippen LogP contribution in [0, 0.1) is 0 Å². The van der Waals surface area contributed by atoms with Crippen LogP contribution in [0.5, 0.6) is 0 Å². The van der Waals surface area contributed by atoms with Crippen LogP contribution in [-0.2, 0) is 4.79 Å². The summed E-state index contributed by atoms with van der Waals surface area (Å²) in [6.07, 6.45) is 1.57. The maximum Gasteiger partial charge on any atom is 0.241 e. The van der Waals surface area contributed by atoms with Gasteiger partial charge in [-0.15, -0.1) is 0 Å². The van der Waals surface area contributed by atoms with Crippen LogP contribution >= 0.6 is 0 Å². The van der Waals surface area contributed by atoms with Gasteiger partial charge in [0.15, 0.2) is 0 Å². The number of hydrogen-bond acceptors (Lipinski definition) is 2. The summed E-state index contributed by atoms with van der Waals surface area (Å²) in [5.41, 5.74) is 3.99. The molecule has 1 aromatic rings. The fourth-order valence-electron chi connectivity index (χ4n) is 1.44. The van der Waals surface area contributed by atoms with Gasteiger partial charge in [0.1, 0.15) is 0 Å². The second kappa shape index (κ2) is 3.58. The zero-order chi connectivity index (χ0) is 9.10. The lowest BCUT2D eigenvalue weighted by Gasteiger charge is -2.27. The lowest BCUT2D eigenvalue weighted by atomic mass is 10.2. The summed E-state index contributed by atoms with van der Waals surface area (Å²) in [6, 6.07) is 9.65. The number of nitrogens with one attached hydrogen (secondary N) is 1. The number of amides is 1. The molecule has 1 aromatic carbocycles. The SMILES string of the molecule is O=C1CCCNN1c1ccccc1. The Morgan fingerprint density at radius 1 is 1.23 bits per heavy atom. The van der Waals surface area contributed by atoms with Gasteiger partial charge >= 0.3 is 0 Å². The van der Waals surface area contributed by atoms with E-state index in [1.807, 2.05) is 30.3 Å². The molecule has 1 heterocycles. The average molecular weight is 176 g/mol. The standard InChI is InChI=1S/C10H12N2O/c13-10-7-4-8-11-12(10)9-5-2-1-3-6-9/h1-3,5-6,11H,4,7-8H2. The van der Waals surface area contributed by atoms with Crippen LogP contribution in [-0.4, -0.2) is 12.5 Å². The molecular formula is C10H12N2O. The molecule has 0 radical (unpaired) electrons. The Labute approximate surface area is 77.3 Å². The molecule has 0 saturated carbocycles. The molecule has 0 aliphatic carbocycles. The van der Waals surface area contributed by atoms with E-state index in [-0.39, 0.29) is 5.91 Å². The predicted octanol–water partition coefficient (Wildman–Crippen LogP) is 1.32. The first-order chi connectivity index (χ1) is 6.38. The van der Waals surface area contributed by atoms with Crippen molar-refractivity contribution >= 4 is 11.6 Å². The van der Waals surface area contributed by atoms with Gasteiger partial charge in [-0.25, -0.2) is 10.4 Å². The molecule has 0 atom stereocenters. The van der Waals surface area contributed by atoms with Gasteiger partial charge in [0.2, 0.25) is 5.91 Å². The molecule has 1 fully saturated rings. The number of hydrazine groups is 1. The van der Waals surface area contributed by atoms with E-state index in [0.717, 1.165) is 18.7 Å². The Morgan fingerprint density at radius 2 is 2.00 bits per heavy atom. The normalized spacial score (nSPS) is 17.5. The summed E-state index contributed by atoms with van der Waals surface area (Å²) in [4.78, 5) is 11.5. The minimum atomic E-state index is 0.150. The topological polar surface area (TPSA) is 32.3 Å². The Kier molecular flexibility index (Phi) is 2.27. The predicted molar refractivity (Wildman–Crippen MR) is 51.2 cm³/mol. The highest BCUT2D eigenvalue weighted by atomic mass is 16.2. The minimum absolute atomic E-state index is 0.150. The van der Waals surface area contributed by atoms with Crippen molar-refractivity contribution < 1.29 is 4.79 Å². The highest BCUT2D eigenvalue weighted by molar-refractivity contribution is 5.92. The molecule has 1 aliphatic heterocycles. The van der Waals surface area contributed by atoms with Crippen molar-refractivity contribution in [1.82, 2.24) is 5.43 Å². The minimum Gasteiger partial charge on any atom is -0.273 e. The molecule has 13 heavy (non-hydrogen) atoms. The van der Waals surface area contributed by atoms with Crippen molar-refractivity contribution in [3.8, 4) is 0 Å². The molecule has 1 saturated heterocycles. The first kappa shape index (κ1) is 8.26. The van der Waals surface area contributed by atoms with E-state index in [1.54, 1.807) is 5.01 Å². The maximum absolute atomic E-state index is 11.5. The summed E-state index contributed by atoms with van der Waals surface area (Å²) in [5, 5.41) is 1.63. The van der Waals surface area contributed by atoms with Crippen molar-refractivity contribution in [1.29, 1.82) is 0 Å². The lowest BCUT2D eigenvalue weighted by molar-refractivity contribution is -0.120. The summed E-state index contributed by atoms with van der Waals surface area (Å²) in [5.74, 6) is 0.150. The van der Waals surface area contributed by atoms with Gasteiger partial charge in [0.25, 0.3) is 0 Å². The smallest absolute Gasteiger partial charge is 0.241 e. The van der Waals surface area contributed by atoms with E-state index in [9.17, 15) is 4.79 Å². The molecule has 1 aliphatic rings. The van der Waals surface area contributed by atoms with Gasteiger partial charge in [-0.2, -0.15) is 0 Å². The van der Waals surface area contributed by atoms with Crippen LogP contribution in [0.3, 0.4) is 0 Å². The molecule has 1 N–H and O–H groups in total. The van der Waals surface area contributed by atoms with Gasteiger partial charge in [-0.1, -0.05) is 18.2 Å². The first-order valence-corrected chi connectivity index (χ1v) is 4.49. The third-order valence-corrected chi connectivity index (χ3v) is 2.10. The highest BCUT2D eigenvalue weighted by Crippen LogP contribution is 2.14. The van der Waals surface area contributed by atoms with E-state index >= 15 is 0 Å². The molecule has 3 nitrogen and oxygen atoms in total. The largest absolute Gasteiger partial charge is 0.273 e. The zero-order valence-electron chi connectivity index (χ0n) is 7.36. The summed E-state index contributed by atoms with van der Waals surface area (Å²) >= 11 is 0. The number of nitrogens with zero attached hydrogens (tertiary/aromatic N) is 1. The monoisotopic (exact) mass is 176 g/mol. The maximum atomic E-state index is 11.5. The molecule has 1 amide bonds. The van der Waals surface area contributed by atoms with Crippen molar-refractivity contribution in [3.05, 3.63) is 30.3 Å². The Hall–Kier alpha value is -1.35. The van der Waals surface area contributed by atoms with E-state index in [2.05, 4.69) is 5.43 Å². The Morgan fingerprint density at radius 3 is 2.69 bits per heavy atom. The fourth-order valence-corrected chi connectivity index (χ4v) is 1.44. The molecular weight excluding hydrogens is 164 g/mol. The second-order valence-corrected chi connectivity index (χ2v) is 3.08. The number of benzene rings is 1. The molecule has 2 rings (SSSR count). The number of carbonyl (C=O) groups is 1. The zero-order valence-corrected chi connectivity index (χ0v) is 7.36. The number of hydrogen-bond donors (Lipinski definition) is 1. The van der Waals surface area contributed by atoms with Crippen molar-refractivity contribution in [3.63, 3.8) is 0 Å². The van der Waals surface area contributed by atoms with E-state index in [4.69, 9.17) is 0 Å². The van der Waals surface area contributed by atoms with Gasteiger partial charge in [0, 0.05) is 13.0 Å². The molecule has 0 aromatic heterocycles. The van der Waals surface area contributed by atoms with Gasteiger partial charge in [-0.05, 0) is 18.6 Å². The number of anilines is 1. The quantitative estimate of drug-likeness (QED) is 0.699. The van der Waals surface area contributed by atoms with Gasteiger partial charge < -0.3 is 0 Å². The number of carbonyl (C=O) groups excluding carboxylic acids is 1. The van der Waals surface area contributed by atoms with Gasteiger partial charge in [0.05, 0.1) is 5.69 Å². The molecule has 3 heteroatoms. The van der Waals surface area contributed by atoms with Crippen LogP contribution in [0.1, 0.15) is 12.8 Å². The van der Waals surface area contributed by atoms with Crippen molar-refractivity contribution in [2.75, 3.05) is 11.6 Å². The van der Waals surface area contributed by atoms with Crippen LogP contribution < -0.4 is 10.4 Å². The van der Waals surface area contributed by atoms with E-state index < -0.39 is 0 Å².